The van der Waals surface area contributed by atoms with Crippen molar-refractivity contribution in [1.82, 2.24) is 14.3 Å². The Hall–Kier alpha value is -1.52. The van der Waals surface area contributed by atoms with Crippen LogP contribution in [0.5, 0.6) is 0 Å². The van der Waals surface area contributed by atoms with Crippen LogP contribution in [0.2, 0.25) is 0 Å². The number of fused-ring (bicyclic) bond motifs is 1. The van der Waals surface area contributed by atoms with E-state index in [1.807, 2.05) is 23.4 Å². The molecule has 1 aromatic rings. The van der Waals surface area contributed by atoms with Gasteiger partial charge in [-0.05, 0) is 20.3 Å². The lowest BCUT2D eigenvalue weighted by Crippen LogP contribution is -2.45. The summed E-state index contributed by atoms with van der Waals surface area (Å²) in [6.45, 7) is 8.19. The summed E-state index contributed by atoms with van der Waals surface area (Å²) in [5, 5.41) is 0. The maximum atomic E-state index is 12.3. The standard InChI is InChI=1S/C13H21N3O2/c1-4-5-6-16-12(17)9-11-13(18)14(10(2)3)7-8-15(11)16/h9-10H,4-8H2,1-3H3. The van der Waals surface area contributed by atoms with E-state index in [4.69, 9.17) is 0 Å². The fourth-order valence-corrected chi connectivity index (χ4v) is 2.41. The molecule has 0 spiro atoms. The van der Waals surface area contributed by atoms with Gasteiger partial charge in [0.25, 0.3) is 11.5 Å². The minimum absolute atomic E-state index is 0.0244. The van der Waals surface area contributed by atoms with Crippen molar-refractivity contribution < 1.29 is 4.79 Å². The molecule has 0 saturated heterocycles. The molecule has 18 heavy (non-hydrogen) atoms. The third-order valence-corrected chi connectivity index (χ3v) is 3.46. The van der Waals surface area contributed by atoms with Crippen LogP contribution < -0.4 is 5.56 Å². The number of carbonyl (C=O) groups excluding carboxylic acids is 1. The van der Waals surface area contributed by atoms with Gasteiger partial charge >= 0.3 is 0 Å². The molecule has 0 aromatic carbocycles. The van der Waals surface area contributed by atoms with Gasteiger partial charge in [-0.1, -0.05) is 13.3 Å². The Kier molecular flexibility index (Phi) is 3.59. The van der Waals surface area contributed by atoms with Crippen LogP contribution in [-0.2, 0) is 13.1 Å². The van der Waals surface area contributed by atoms with E-state index in [1.165, 1.54) is 6.07 Å². The molecule has 1 aromatic heterocycles. The van der Waals surface area contributed by atoms with Crippen molar-refractivity contribution in [3.05, 3.63) is 22.1 Å². The highest BCUT2D eigenvalue weighted by molar-refractivity contribution is 5.93. The van der Waals surface area contributed by atoms with E-state index in [0.29, 0.717) is 25.3 Å². The van der Waals surface area contributed by atoms with E-state index in [2.05, 4.69) is 6.92 Å². The molecule has 2 heterocycles. The topological polar surface area (TPSA) is 47.2 Å². The molecule has 0 radical (unpaired) electrons. The third kappa shape index (κ3) is 2.09. The lowest BCUT2D eigenvalue weighted by molar-refractivity contribution is 0.0631. The highest BCUT2D eigenvalue weighted by Crippen LogP contribution is 2.14. The van der Waals surface area contributed by atoms with Crippen molar-refractivity contribution in [2.75, 3.05) is 6.54 Å². The molecule has 2 rings (SSSR count). The quantitative estimate of drug-likeness (QED) is 0.810. The van der Waals surface area contributed by atoms with Gasteiger partial charge in [0, 0.05) is 25.2 Å². The second kappa shape index (κ2) is 5.00. The monoisotopic (exact) mass is 251 g/mol. The van der Waals surface area contributed by atoms with Crippen LogP contribution in [0.3, 0.4) is 0 Å². The zero-order valence-corrected chi connectivity index (χ0v) is 11.3. The van der Waals surface area contributed by atoms with Crippen LogP contribution in [0, 0.1) is 0 Å². The minimum atomic E-state index is -0.0580. The molecular formula is C13H21N3O2. The van der Waals surface area contributed by atoms with Crippen LogP contribution in [0.1, 0.15) is 44.1 Å². The average molecular weight is 251 g/mol. The Morgan fingerprint density at radius 3 is 2.61 bits per heavy atom. The molecule has 1 aliphatic rings. The molecule has 0 unspecified atom stereocenters. The summed E-state index contributed by atoms with van der Waals surface area (Å²) in [6, 6.07) is 1.66. The van der Waals surface area contributed by atoms with Crippen LogP contribution in [0.25, 0.3) is 0 Å². The summed E-state index contributed by atoms with van der Waals surface area (Å²) in [5.41, 5.74) is 0.480. The maximum Gasteiger partial charge on any atom is 0.272 e. The van der Waals surface area contributed by atoms with E-state index < -0.39 is 0 Å². The zero-order chi connectivity index (χ0) is 13.3. The molecule has 0 N–H and O–H groups in total. The molecule has 0 bridgehead atoms. The Balaban J connectivity index is 2.34. The lowest BCUT2D eigenvalue weighted by Gasteiger charge is -2.32. The number of hydrogen-bond acceptors (Lipinski definition) is 2. The molecule has 1 aliphatic heterocycles. The van der Waals surface area contributed by atoms with E-state index in [0.717, 1.165) is 12.8 Å². The summed E-state index contributed by atoms with van der Waals surface area (Å²) in [7, 11) is 0. The van der Waals surface area contributed by atoms with Crippen LogP contribution in [0.4, 0.5) is 0 Å². The molecular weight excluding hydrogens is 230 g/mol. The number of nitrogens with zero attached hydrogens (tertiary/aromatic N) is 3. The van der Waals surface area contributed by atoms with E-state index in [1.54, 1.807) is 4.68 Å². The highest BCUT2D eigenvalue weighted by atomic mass is 16.2. The number of amides is 1. The number of unbranched alkanes of at least 4 members (excludes halogenated alkanes) is 1. The molecule has 0 saturated carbocycles. The van der Waals surface area contributed by atoms with Gasteiger partial charge in [0.1, 0.15) is 5.69 Å². The Morgan fingerprint density at radius 2 is 2.00 bits per heavy atom. The SMILES string of the molecule is CCCCn1c(=O)cc2n1CCN(C(C)C)C2=O. The Bertz CT molecular complexity index is 499. The lowest BCUT2D eigenvalue weighted by atomic mass is 10.2. The van der Waals surface area contributed by atoms with Crippen molar-refractivity contribution in [3.63, 3.8) is 0 Å². The Labute approximate surface area is 107 Å². The number of carbonyl (C=O) groups is 1. The van der Waals surface area contributed by atoms with Gasteiger partial charge < -0.3 is 4.90 Å². The summed E-state index contributed by atoms with van der Waals surface area (Å²) >= 11 is 0. The first-order chi connectivity index (χ1) is 8.56. The summed E-state index contributed by atoms with van der Waals surface area (Å²) in [5.74, 6) is -0.0244. The van der Waals surface area contributed by atoms with Crippen molar-refractivity contribution in [1.29, 1.82) is 0 Å². The average Bonchev–Trinajstić information content (AvgIpc) is 2.64. The van der Waals surface area contributed by atoms with Gasteiger partial charge in [-0.3, -0.25) is 14.3 Å². The third-order valence-electron chi connectivity index (χ3n) is 3.46. The van der Waals surface area contributed by atoms with Gasteiger partial charge in [0.05, 0.1) is 6.54 Å². The second-order valence-corrected chi connectivity index (χ2v) is 5.06. The number of aromatic nitrogens is 2. The Morgan fingerprint density at radius 1 is 1.28 bits per heavy atom. The van der Waals surface area contributed by atoms with E-state index >= 15 is 0 Å². The molecule has 0 aliphatic carbocycles. The first-order valence-electron chi connectivity index (χ1n) is 6.68. The molecule has 0 atom stereocenters. The fraction of sp³-hybridized carbons (Fsp3) is 0.692. The first kappa shape index (κ1) is 12.9. The van der Waals surface area contributed by atoms with Crippen molar-refractivity contribution in [2.45, 2.75) is 52.7 Å². The molecule has 1 amide bonds. The minimum Gasteiger partial charge on any atom is -0.333 e. The van der Waals surface area contributed by atoms with Crippen molar-refractivity contribution in [3.8, 4) is 0 Å². The highest BCUT2D eigenvalue weighted by Gasteiger charge is 2.28. The van der Waals surface area contributed by atoms with E-state index in [-0.39, 0.29) is 17.5 Å². The molecule has 0 fully saturated rings. The number of rotatable bonds is 4. The summed E-state index contributed by atoms with van der Waals surface area (Å²) in [4.78, 5) is 26.0. The van der Waals surface area contributed by atoms with Crippen molar-refractivity contribution >= 4 is 5.91 Å². The molecule has 100 valence electrons. The van der Waals surface area contributed by atoms with Crippen LogP contribution in [-0.4, -0.2) is 32.8 Å². The van der Waals surface area contributed by atoms with Crippen LogP contribution >= 0.6 is 0 Å². The zero-order valence-electron chi connectivity index (χ0n) is 11.3. The summed E-state index contributed by atoms with van der Waals surface area (Å²) < 4.78 is 3.55. The normalized spacial score (nSPS) is 15.3. The van der Waals surface area contributed by atoms with Gasteiger partial charge in [0.2, 0.25) is 0 Å². The van der Waals surface area contributed by atoms with Gasteiger partial charge in [-0.25, -0.2) is 4.68 Å². The molecule has 5 heteroatoms. The summed E-state index contributed by atoms with van der Waals surface area (Å²) in [6.07, 6.45) is 2.00. The van der Waals surface area contributed by atoms with Gasteiger partial charge in [0.15, 0.2) is 0 Å². The smallest absolute Gasteiger partial charge is 0.272 e. The molecule has 5 nitrogen and oxygen atoms in total. The second-order valence-electron chi connectivity index (χ2n) is 5.06. The van der Waals surface area contributed by atoms with Gasteiger partial charge in [-0.15, -0.1) is 0 Å². The van der Waals surface area contributed by atoms with Gasteiger partial charge in [-0.2, -0.15) is 0 Å². The first-order valence-corrected chi connectivity index (χ1v) is 6.68. The largest absolute Gasteiger partial charge is 0.333 e. The van der Waals surface area contributed by atoms with Crippen LogP contribution in [0.15, 0.2) is 10.9 Å². The fourth-order valence-electron chi connectivity index (χ4n) is 2.41. The predicted octanol–water partition coefficient (Wildman–Crippen LogP) is 1.31. The van der Waals surface area contributed by atoms with Crippen molar-refractivity contribution in [2.24, 2.45) is 0 Å². The predicted molar refractivity (Wildman–Crippen MR) is 69.8 cm³/mol. The maximum absolute atomic E-state index is 12.3. The van der Waals surface area contributed by atoms with E-state index in [9.17, 15) is 9.59 Å². The number of hydrogen-bond donors (Lipinski definition) is 0.